The average Bonchev–Trinajstić information content (AvgIpc) is 2.69. The van der Waals surface area contributed by atoms with Crippen LogP contribution in [0.1, 0.15) is 0 Å². The molecule has 0 saturated carbocycles. The molecule has 0 saturated heterocycles. The molecule has 6 heteroatoms. The molecule has 5 nitrogen and oxygen atoms in total. The lowest BCUT2D eigenvalue weighted by atomic mass is 10.3. The van der Waals surface area contributed by atoms with Crippen LogP contribution in [0.5, 0.6) is 0 Å². The van der Waals surface area contributed by atoms with Crippen LogP contribution in [-0.4, -0.2) is 17.2 Å². The number of anilines is 3. The van der Waals surface area contributed by atoms with Crippen molar-refractivity contribution in [3.63, 3.8) is 0 Å². The molecule has 0 aliphatic carbocycles. The van der Waals surface area contributed by atoms with Crippen LogP contribution in [-0.2, 0) is 0 Å². The van der Waals surface area contributed by atoms with Gasteiger partial charge in [-0.1, -0.05) is 11.6 Å². The molecule has 0 atom stereocenters. The van der Waals surface area contributed by atoms with Gasteiger partial charge in [0.15, 0.2) is 0 Å². The molecule has 2 rings (SSSR count). The third-order valence-corrected chi connectivity index (χ3v) is 1.99. The lowest BCUT2D eigenvalue weighted by Gasteiger charge is -1.99. The second-order valence-electron chi connectivity index (χ2n) is 2.81. The summed E-state index contributed by atoms with van der Waals surface area (Å²) < 4.78 is 4.85. The van der Waals surface area contributed by atoms with E-state index in [4.69, 9.17) is 16.1 Å². The second-order valence-corrected chi connectivity index (χ2v) is 3.24. The molecule has 0 aliphatic rings. The Morgan fingerprint density at radius 3 is 2.60 bits per heavy atom. The number of benzene rings is 1. The van der Waals surface area contributed by atoms with Crippen LogP contribution >= 0.6 is 11.6 Å². The minimum atomic E-state index is 0.367. The van der Waals surface area contributed by atoms with E-state index in [2.05, 4.69) is 20.8 Å². The van der Waals surface area contributed by atoms with Crippen molar-refractivity contribution in [2.45, 2.75) is 0 Å². The summed E-state index contributed by atoms with van der Waals surface area (Å²) in [5.74, 6) is 0.404. The molecule has 0 amide bonds. The monoisotopic (exact) mass is 224 g/mol. The van der Waals surface area contributed by atoms with Gasteiger partial charge in [0, 0.05) is 17.8 Å². The van der Waals surface area contributed by atoms with E-state index in [1.54, 1.807) is 19.2 Å². The van der Waals surface area contributed by atoms with Gasteiger partial charge in [0.2, 0.25) is 0 Å². The van der Waals surface area contributed by atoms with Crippen LogP contribution in [0.25, 0.3) is 0 Å². The molecule has 0 aliphatic heterocycles. The molecule has 0 fully saturated rings. The van der Waals surface area contributed by atoms with Crippen molar-refractivity contribution in [2.75, 3.05) is 17.7 Å². The molecule has 1 heterocycles. The predicted molar refractivity (Wildman–Crippen MR) is 58.6 cm³/mol. The molecule has 1 aromatic heterocycles. The quantitative estimate of drug-likeness (QED) is 0.839. The standard InChI is InChI=1S/C9H9ClN4O/c1-11-9-13-8(14-15-9)12-7-4-2-6(10)3-5-7/h2-5H,1H3,(H2,11,12,13,14). The predicted octanol–water partition coefficient (Wildman–Crippen LogP) is 2.51. The van der Waals surface area contributed by atoms with Gasteiger partial charge < -0.3 is 15.2 Å². The summed E-state index contributed by atoms with van der Waals surface area (Å²) in [6.45, 7) is 0. The Labute approximate surface area is 91.4 Å². The van der Waals surface area contributed by atoms with Gasteiger partial charge in [0.05, 0.1) is 0 Å². The summed E-state index contributed by atoms with van der Waals surface area (Å²) in [5, 5.41) is 10.1. The highest BCUT2D eigenvalue weighted by Gasteiger charge is 2.03. The Bertz CT molecular complexity index is 440. The van der Waals surface area contributed by atoms with Gasteiger partial charge in [0.25, 0.3) is 5.95 Å². The largest absolute Gasteiger partial charge is 0.341 e. The first-order valence-electron chi connectivity index (χ1n) is 4.32. The zero-order chi connectivity index (χ0) is 10.7. The van der Waals surface area contributed by atoms with Gasteiger partial charge in [-0.15, -0.1) is 0 Å². The lowest BCUT2D eigenvalue weighted by Crippen LogP contribution is -1.92. The maximum absolute atomic E-state index is 5.75. The molecular formula is C9H9ClN4O. The summed E-state index contributed by atoms with van der Waals surface area (Å²) in [6.07, 6.45) is 0. The number of rotatable bonds is 3. The summed E-state index contributed by atoms with van der Waals surface area (Å²) >= 11 is 5.75. The first kappa shape index (κ1) is 9.79. The van der Waals surface area contributed by atoms with E-state index in [-0.39, 0.29) is 0 Å². The van der Waals surface area contributed by atoms with Gasteiger partial charge in [-0.3, -0.25) is 0 Å². The number of nitrogens with zero attached hydrogens (tertiary/aromatic N) is 2. The summed E-state index contributed by atoms with van der Waals surface area (Å²) in [6, 6.07) is 7.59. The number of halogens is 1. The molecule has 0 radical (unpaired) electrons. The lowest BCUT2D eigenvalue weighted by molar-refractivity contribution is 0.434. The third-order valence-electron chi connectivity index (χ3n) is 1.74. The summed E-state index contributed by atoms with van der Waals surface area (Å²) in [4.78, 5) is 4.01. The topological polar surface area (TPSA) is 63.0 Å². The number of hydrogen-bond acceptors (Lipinski definition) is 5. The van der Waals surface area contributed by atoms with Crippen molar-refractivity contribution in [3.8, 4) is 0 Å². The molecule has 78 valence electrons. The van der Waals surface area contributed by atoms with Gasteiger partial charge >= 0.3 is 6.01 Å². The molecule has 15 heavy (non-hydrogen) atoms. The molecule has 2 aromatic rings. The smallest absolute Gasteiger partial charge is 0.322 e. The van der Waals surface area contributed by atoms with E-state index in [0.29, 0.717) is 17.0 Å². The molecule has 2 N–H and O–H groups in total. The Hall–Kier alpha value is -1.75. The fourth-order valence-electron chi connectivity index (χ4n) is 1.04. The Kier molecular flexibility index (Phi) is 2.73. The van der Waals surface area contributed by atoms with Gasteiger partial charge in [-0.05, 0) is 29.4 Å². The van der Waals surface area contributed by atoms with Gasteiger partial charge in [0.1, 0.15) is 0 Å². The van der Waals surface area contributed by atoms with Crippen LogP contribution in [0.3, 0.4) is 0 Å². The Morgan fingerprint density at radius 2 is 2.00 bits per heavy atom. The van der Waals surface area contributed by atoms with Crippen LogP contribution < -0.4 is 10.6 Å². The molecular weight excluding hydrogens is 216 g/mol. The summed E-state index contributed by atoms with van der Waals surface area (Å²) in [5.41, 5.74) is 0.850. The summed E-state index contributed by atoms with van der Waals surface area (Å²) in [7, 11) is 1.71. The average molecular weight is 225 g/mol. The SMILES string of the molecule is CNc1nc(Nc2ccc(Cl)cc2)no1. The second kappa shape index (κ2) is 4.18. The van der Waals surface area contributed by atoms with Gasteiger partial charge in [-0.25, -0.2) is 0 Å². The highest BCUT2D eigenvalue weighted by atomic mass is 35.5. The zero-order valence-electron chi connectivity index (χ0n) is 7.99. The normalized spacial score (nSPS) is 10.0. The van der Waals surface area contributed by atoms with Crippen LogP contribution in [0.4, 0.5) is 17.7 Å². The molecule has 1 aromatic carbocycles. The van der Waals surface area contributed by atoms with Crippen LogP contribution in [0, 0.1) is 0 Å². The highest BCUT2D eigenvalue weighted by Crippen LogP contribution is 2.17. The third kappa shape index (κ3) is 2.38. The van der Waals surface area contributed by atoms with Crippen molar-refractivity contribution in [1.29, 1.82) is 0 Å². The Morgan fingerprint density at radius 1 is 1.27 bits per heavy atom. The van der Waals surface area contributed by atoms with E-state index < -0.39 is 0 Å². The van der Waals surface area contributed by atoms with Crippen LogP contribution in [0.2, 0.25) is 5.02 Å². The minimum Gasteiger partial charge on any atom is -0.341 e. The molecule has 0 spiro atoms. The fraction of sp³-hybridized carbons (Fsp3) is 0.111. The van der Waals surface area contributed by atoms with E-state index in [0.717, 1.165) is 5.69 Å². The first-order chi connectivity index (χ1) is 7.28. The van der Waals surface area contributed by atoms with E-state index in [1.807, 2.05) is 12.1 Å². The van der Waals surface area contributed by atoms with Crippen molar-refractivity contribution >= 4 is 29.3 Å². The van der Waals surface area contributed by atoms with Crippen molar-refractivity contribution < 1.29 is 4.52 Å². The van der Waals surface area contributed by atoms with Crippen molar-refractivity contribution in [1.82, 2.24) is 10.1 Å². The number of aromatic nitrogens is 2. The maximum Gasteiger partial charge on any atom is 0.322 e. The molecule has 0 bridgehead atoms. The zero-order valence-corrected chi connectivity index (χ0v) is 8.75. The van der Waals surface area contributed by atoms with Crippen molar-refractivity contribution in [2.24, 2.45) is 0 Å². The molecule has 0 unspecified atom stereocenters. The number of hydrogen-bond donors (Lipinski definition) is 2. The van der Waals surface area contributed by atoms with E-state index in [1.165, 1.54) is 0 Å². The fourth-order valence-corrected chi connectivity index (χ4v) is 1.16. The van der Waals surface area contributed by atoms with E-state index in [9.17, 15) is 0 Å². The number of nitrogens with one attached hydrogen (secondary N) is 2. The Balaban J connectivity index is 2.11. The van der Waals surface area contributed by atoms with Crippen LogP contribution in [0.15, 0.2) is 28.8 Å². The van der Waals surface area contributed by atoms with Crippen molar-refractivity contribution in [3.05, 3.63) is 29.3 Å². The maximum atomic E-state index is 5.75. The van der Waals surface area contributed by atoms with Gasteiger partial charge in [-0.2, -0.15) is 4.98 Å². The highest BCUT2D eigenvalue weighted by molar-refractivity contribution is 6.30. The minimum absolute atomic E-state index is 0.367. The first-order valence-corrected chi connectivity index (χ1v) is 4.70. The van der Waals surface area contributed by atoms with E-state index >= 15 is 0 Å².